The van der Waals surface area contributed by atoms with E-state index in [4.69, 9.17) is 18.9 Å². The van der Waals surface area contributed by atoms with Crippen LogP contribution in [0.2, 0.25) is 0 Å². The van der Waals surface area contributed by atoms with Crippen molar-refractivity contribution in [2.45, 2.75) is 37.3 Å². The second-order valence-corrected chi connectivity index (χ2v) is 13.0. The zero-order valence-corrected chi connectivity index (χ0v) is 17.0. The van der Waals surface area contributed by atoms with Gasteiger partial charge in [0.05, 0.1) is 26.4 Å². The van der Waals surface area contributed by atoms with Gasteiger partial charge >= 0.3 is 0 Å². The summed E-state index contributed by atoms with van der Waals surface area (Å²) in [4.78, 5) is 0. The number of rotatable bonds is 0. The summed E-state index contributed by atoms with van der Waals surface area (Å²) in [5.41, 5.74) is 0.496. The van der Waals surface area contributed by atoms with E-state index < -0.39 is 0 Å². The molecule has 0 radical (unpaired) electrons. The minimum absolute atomic E-state index is 0.248. The second-order valence-electron chi connectivity index (χ2n) is 8.02. The van der Waals surface area contributed by atoms with Crippen molar-refractivity contribution in [2.24, 2.45) is 10.8 Å². The summed E-state index contributed by atoms with van der Waals surface area (Å²) in [5, 5.41) is 0. The van der Waals surface area contributed by atoms with Gasteiger partial charge in [-0.2, -0.15) is 0 Å². The summed E-state index contributed by atoms with van der Waals surface area (Å²) >= 11 is 0. The van der Waals surface area contributed by atoms with Gasteiger partial charge in [-0.1, -0.05) is 43.2 Å². The van der Waals surface area contributed by atoms with Gasteiger partial charge in [-0.25, -0.2) is 0 Å². The average Bonchev–Trinajstić information content (AvgIpc) is 3.27. The van der Waals surface area contributed by atoms with Crippen molar-refractivity contribution in [1.82, 2.24) is 0 Å². The molecule has 4 nitrogen and oxygen atoms in total. The van der Waals surface area contributed by atoms with Crippen molar-refractivity contribution in [2.75, 3.05) is 49.4 Å². The Balaban J connectivity index is 1.18. The third kappa shape index (κ3) is 3.07. The van der Waals surface area contributed by atoms with Gasteiger partial charge in [0.2, 0.25) is 0 Å². The maximum absolute atomic E-state index is 6.30. The molecule has 0 aromatic heterocycles. The van der Waals surface area contributed by atoms with Crippen LogP contribution in [0.3, 0.4) is 0 Å². The summed E-state index contributed by atoms with van der Waals surface area (Å²) < 4.78 is 25.2. The van der Waals surface area contributed by atoms with Crippen LogP contribution >= 0.6 is 43.2 Å². The Labute approximate surface area is 159 Å². The molecular weight excluding hydrogens is 384 g/mol. The highest BCUT2D eigenvalue weighted by atomic mass is 33.1. The third-order valence-corrected chi connectivity index (χ3v) is 11.6. The lowest BCUT2D eigenvalue weighted by Gasteiger charge is -2.52. The predicted octanol–water partition coefficient (Wildman–Crippen LogP) is 3.81. The van der Waals surface area contributed by atoms with Crippen LogP contribution in [-0.2, 0) is 18.9 Å². The lowest BCUT2D eigenvalue weighted by Crippen LogP contribution is -2.58. The molecular formula is C16H24O4S4. The lowest BCUT2D eigenvalue weighted by atomic mass is 9.84. The van der Waals surface area contributed by atoms with Crippen LogP contribution in [0.25, 0.3) is 0 Å². The van der Waals surface area contributed by atoms with Gasteiger partial charge in [0.25, 0.3) is 0 Å². The molecule has 0 bridgehead atoms. The fraction of sp³-hybridized carbons (Fsp3) is 1.00. The van der Waals surface area contributed by atoms with Crippen LogP contribution < -0.4 is 0 Å². The molecule has 4 heterocycles. The van der Waals surface area contributed by atoms with Crippen molar-refractivity contribution >= 4 is 43.2 Å². The largest absolute Gasteiger partial charge is 0.349 e. The summed E-state index contributed by atoms with van der Waals surface area (Å²) in [6.45, 7) is 3.39. The first-order chi connectivity index (χ1) is 11.7. The number of hydrogen-bond acceptors (Lipinski definition) is 8. The Bertz CT molecular complexity index is 414. The highest BCUT2D eigenvalue weighted by Crippen LogP contribution is 2.52. The highest BCUT2D eigenvalue weighted by molar-refractivity contribution is 8.77. The molecule has 4 saturated heterocycles. The molecule has 0 unspecified atom stereocenters. The van der Waals surface area contributed by atoms with E-state index in [1.165, 1.54) is 0 Å². The van der Waals surface area contributed by atoms with E-state index >= 15 is 0 Å². The van der Waals surface area contributed by atoms with Gasteiger partial charge in [-0.3, -0.25) is 0 Å². The minimum Gasteiger partial charge on any atom is -0.349 e. The fourth-order valence-electron chi connectivity index (χ4n) is 3.98. The van der Waals surface area contributed by atoms with Crippen LogP contribution in [0.15, 0.2) is 0 Å². The molecule has 0 aromatic carbocycles. The Kier molecular flexibility index (Phi) is 4.62. The topological polar surface area (TPSA) is 36.9 Å². The zero-order chi connectivity index (χ0) is 16.1. The molecule has 24 heavy (non-hydrogen) atoms. The third-order valence-electron chi connectivity index (χ3n) is 5.97. The van der Waals surface area contributed by atoms with Crippen molar-refractivity contribution in [1.29, 1.82) is 0 Å². The molecule has 5 rings (SSSR count). The molecule has 5 fully saturated rings. The molecule has 8 heteroatoms. The van der Waals surface area contributed by atoms with Gasteiger partial charge in [-0.05, 0) is 0 Å². The van der Waals surface area contributed by atoms with Gasteiger partial charge in [0, 0.05) is 59.5 Å². The van der Waals surface area contributed by atoms with Crippen molar-refractivity contribution in [3.8, 4) is 0 Å². The summed E-state index contributed by atoms with van der Waals surface area (Å²) in [5.74, 6) is 3.86. The molecule has 4 aliphatic heterocycles. The van der Waals surface area contributed by atoms with E-state index in [1.807, 2.05) is 43.2 Å². The molecule has 1 saturated carbocycles. The van der Waals surface area contributed by atoms with Crippen LogP contribution in [0.5, 0.6) is 0 Å². The monoisotopic (exact) mass is 408 g/mol. The van der Waals surface area contributed by atoms with Gasteiger partial charge in [-0.15, -0.1) is 0 Å². The van der Waals surface area contributed by atoms with E-state index in [0.29, 0.717) is 0 Å². The van der Waals surface area contributed by atoms with Crippen molar-refractivity contribution in [3.63, 3.8) is 0 Å². The molecule has 0 N–H and O–H groups in total. The SMILES string of the molecule is C1OC2(CCC3(CC2)OCC2(CO3)CSSC2)OCC12CSSC2. The standard InChI is InChI=1S/C16H24O4S4/c1-2-16(19-7-14(8-20-16)11-23-24-12-14)4-3-15(1)17-5-13(6-18-15)9-21-22-10-13/h1-12H2. The number of ether oxygens (including phenoxy) is 4. The normalized spacial score (nSPS) is 36.0. The Morgan fingerprint density at radius 3 is 1.04 bits per heavy atom. The van der Waals surface area contributed by atoms with E-state index in [1.54, 1.807) is 0 Å². The summed E-state index contributed by atoms with van der Waals surface area (Å²) in [6, 6.07) is 0. The molecule has 1 aliphatic carbocycles. The van der Waals surface area contributed by atoms with Crippen LogP contribution in [0.1, 0.15) is 25.7 Å². The van der Waals surface area contributed by atoms with Gasteiger partial charge in [0.1, 0.15) is 0 Å². The molecule has 4 spiro atoms. The lowest BCUT2D eigenvalue weighted by molar-refractivity contribution is -0.362. The summed E-state index contributed by atoms with van der Waals surface area (Å²) in [7, 11) is 7.82. The van der Waals surface area contributed by atoms with E-state index in [2.05, 4.69) is 0 Å². The smallest absolute Gasteiger partial charge is 0.168 e. The predicted molar refractivity (Wildman–Crippen MR) is 102 cm³/mol. The van der Waals surface area contributed by atoms with Crippen LogP contribution in [0, 0.1) is 10.8 Å². The van der Waals surface area contributed by atoms with Crippen molar-refractivity contribution < 1.29 is 18.9 Å². The van der Waals surface area contributed by atoms with Gasteiger partial charge in [0.15, 0.2) is 11.6 Å². The zero-order valence-electron chi connectivity index (χ0n) is 13.8. The molecule has 0 amide bonds. The Morgan fingerprint density at radius 1 is 0.458 bits per heavy atom. The van der Waals surface area contributed by atoms with Crippen molar-refractivity contribution in [3.05, 3.63) is 0 Å². The molecule has 0 aromatic rings. The first kappa shape index (κ1) is 17.3. The number of hydrogen-bond donors (Lipinski definition) is 0. The molecule has 0 atom stereocenters. The second kappa shape index (κ2) is 6.40. The Hall–Kier alpha value is 1.24. The van der Waals surface area contributed by atoms with E-state index in [0.717, 1.165) is 75.1 Å². The molecule has 136 valence electrons. The maximum atomic E-state index is 6.30. The van der Waals surface area contributed by atoms with Crippen LogP contribution in [0.4, 0.5) is 0 Å². The average molecular weight is 409 g/mol. The minimum atomic E-state index is -0.380. The fourth-order valence-corrected chi connectivity index (χ4v) is 10.6. The molecule has 5 aliphatic rings. The van der Waals surface area contributed by atoms with E-state index in [-0.39, 0.29) is 22.4 Å². The first-order valence-corrected chi connectivity index (χ1v) is 13.7. The van der Waals surface area contributed by atoms with Gasteiger partial charge < -0.3 is 18.9 Å². The summed E-state index contributed by atoms with van der Waals surface area (Å²) in [6.07, 6.45) is 3.56. The quantitative estimate of drug-likeness (QED) is 0.560. The Morgan fingerprint density at radius 2 is 0.750 bits per heavy atom. The first-order valence-electron chi connectivity index (χ1n) is 8.70. The van der Waals surface area contributed by atoms with E-state index in [9.17, 15) is 0 Å². The maximum Gasteiger partial charge on any atom is 0.168 e. The highest BCUT2D eigenvalue weighted by Gasteiger charge is 2.54. The van der Waals surface area contributed by atoms with Crippen LogP contribution in [-0.4, -0.2) is 61.0 Å².